The van der Waals surface area contributed by atoms with Gasteiger partial charge in [-0.25, -0.2) is 9.78 Å². The average molecular weight is 307 g/mol. The number of nitrogens with one attached hydrogen (secondary N) is 1. The summed E-state index contributed by atoms with van der Waals surface area (Å²) in [4.78, 5) is 43.5. The summed E-state index contributed by atoms with van der Waals surface area (Å²) in [6.45, 7) is 3.70. The summed E-state index contributed by atoms with van der Waals surface area (Å²) in [5.41, 5.74) is -1.05. The molecule has 21 heavy (non-hydrogen) atoms. The molecule has 1 unspecified atom stereocenters. The largest absolute Gasteiger partial charge is 0.331 e. The number of thiazole rings is 1. The van der Waals surface area contributed by atoms with E-state index in [2.05, 4.69) is 10.3 Å². The summed E-state index contributed by atoms with van der Waals surface area (Å²) in [6, 6.07) is -1.09. The first kappa shape index (κ1) is 14.2. The Balaban J connectivity index is 1.95. The summed E-state index contributed by atoms with van der Waals surface area (Å²) >= 11 is 1.46. The van der Waals surface area contributed by atoms with Crippen molar-refractivity contribution in [1.29, 1.82) is 0 Å². The predicted molar refractivity (Wildman–Crippen MR) is 76.6 cm³/mol. The molecule has 2 aliphatic rings. The average Bonchev–Trinajstić information content (AvgIpc) is 3.06. The number of urea groups is 1. The highest BCUT2D eigenvalue weighted by atomic mass is 32.1. The van der Waals surface area contributed by atoms with Gasteiger partial charge in [0.1, 0.15) is 10.4 Å². The molecule has 2 fully saturated rings. The molecule has 3 rings (SSSR count). The van der Waals surface area contributed by atoms with Crippen LogP contribution in [0.2, 0.25) is 0 Å². The van der Waals surface area contributed by atoms with E-state index in [1.807, 2.05) is 6.92 Å². The van der Waals surface area contributed by atoms with Crippen LogP contribution in [0.4, 0.5) is 4.79 Å². The van der Waals surface area contributed by atoms with Gasteiger partial charge in [0.2, 0.25) is 11.8 Å². The van der Waals surface area contributed by atoms with E-state index in [4.69, 9.17) is 0 Å². The topological polar surface area (TPSA) is 79.4 Å². The predicted octanol–water partition coefficient (Wildman–Crippen LogP) is 2.15. The van der Waals surface area contributed by atoms with Crippen LogP contribution in [0.1, 0.15) is 48.5 Å². The second kappa shape index (κ2) is 4.91. The van der Waals surface area contributed by atoms with Gasteiger partial charge in [-0.3, -0.25) is 19.8 Å². The Labute approximate surface area is 126 Å². The number of carbonyl (C=O) groups is 3. The van der Waals surface area contributed by atoms with E-state index in [-0.39, 0.29) is 5.91 Å². The van der Waals surface area contributed by atoms with E-state index in [0.717, 1.165) is 17.7 Å². The van der Waals surface area contributed by atoms with Gasteiger partial charge in [-0.1, -0.05) is 12.8 Å². The standard InChI is InChI=1S/C14H17N3O3S/c1-8-7-15-10(21-8)9(2)17-12(19)14(5-3-4-6-14)11(18)16-13(17)20/h7,9H,3-6H2,1-2H3,(H,16,18,20). The number of aromatic nitrogens is 1. The summed E-state index contributed by atoms with van der Waals surface area (Å²) < 4.78 is 0. The van der Waals surface area contributed by atoms with Crippen molar-refractivity contribution in [1.82, 2.24) is 15.2 Å². The van der Waals surface area contributed by atoms with Crippen molar-refractivity contribution in [2.75, 3.05) is 0 Å². The lowest BCUT2D eigenvalue weighted by Gasteiger charge is -2.39. The first-order chi connectivity index (χ1) is 9.95. The molecule has 1 N–H and O–H groups in total. The first-order valence-corrected chi connectivity index (χ1v) is 7.89. The second-order valence-electron chi connectivity index (χ2n) is 5.71. The molecule has 1 saturated carbocycles. The third-order valence-corrected chi connectivity index (χ3v) is 5.43. The molecule has 1 atom stereocenters. The van der Waals surface area contributed by atoms with E-state index in [1.54, 1.807) is 13.1 Å². The first-order valence-electron chi connectivity index (χ1n) is 7.07. The molecule has 7 heteroatoms. The molecule has 1 aliphatic heterocycles. The molecule has 1 spiro atoms. The molecule has 0 bridgehead atoms. The highest BCUT2D eigenvalue weighted by Gasteiger charge is 2.56. The Morgan fingerprint density at radius 1 is 1.33 bits per heavy atom. The lowest BCUT2D eigenvalue weighted by molar-refractivity contribution is -0.152. The maximum absolute atomic E-state index is 12.8. The van der Waals surface area contributed by atoms with E-state index in [1.165, 1.54) is 16.2 Å². The number of amides is 4. The Morgan fingerprint density at radius 3 is 2.57 bits per heavy atom. The zero-order valence-electron chi connectivity index (χ0n) is 12.0. The van der Waals surface area contributed by atoms with Crippen molar-refractivity contribution >= 4 is 29.2 Å². The van der Waals surface area contributed by atoms with E-state index < -0.39 is 23.4 Å². The molecule has 2 heterocycles. The third kappa shape index (κ3) is 2.07. The van der Waals surface area contributed by atoms with E-state index in [0.29, 0.717) is 17.8 Å². The van der Waals surface area contributed by atoms with Crippen molar-refractivity contribution in [3.05, 3.63) is 16.1 Å². The summed E-state index contributed by atoms with van der Waals surface area (Å²) in [5.74, 6) is -0.803. The lowest BCUT2D eigenvalue weighted by Crippen LogP contribution is -2.63. The van der Waals surface area contributed by atoms with E-state index >= 15 is 0 Å². The number of aryl methyl sites for hydroxylation is 1. The maximum Gasteiger partial charge on any atom is 0.331 e. The minimum Gasteiger partial charge on any atom is -0.277 e. The summed E-state index contributed by atoms with van der Waals surface area (Å²) in [5, 5.41) is 3.06. The minimum absolute atomic E-state index is 0.367. The third-order valence-electron chi connectivity index (χ3n) is 4.34. The van der Waals surface area contributed by atoms with Crippen molar-refractivity contribution in [2.24, 2.45) is 5.41 Å². The van der Waals surface area contributed by atoms with Gasteiger partial charge in [0.05, 0.1) is 6.04 Å². The molecule has 1 aliphatic carbocycles. The van der Waals surface area contributed by atoms with Crippen LogP contribution in [-0.2, 0) is 9.59 Å². The number of imide groups is 2. The van der Waals surface area contributed by atoms with Crippen molar-refractivity contribution in [3.63, 3.8) is 0 Å². The van der Waals surface area contributed by atoms with E-state index in [9.17, 15) is 14.4 Å². The lowest BCUT2D eigenvalue weighted by atomic mass is 9.81. The van der Waals surface area contributed by atoms with Crippen LogP contribution in [0.25, 0.3) is 0 Å². The van der Waals surface area contributed by atoms with Crippen molar-refractivity contribution in [3.8, 4) is 0 Å². The van der Waals surface area contributed by atoms with Crippen LogP contribution in [0.5, 0.6) is 0 Å². The molecular formula is C14H17N3O3S. The Kier molecular flexibility index (Phi) is 3.32. The van der Waals surface area contributed by atoms with Crippen LogP contribution in [0.15, 0.2) is 6.20 Å². The molecule has 0 aromatic carbocycles. The molecule has 6 nitrogen and oxygen atoms in total. The molecule has 1 saturated heterocycles. The second-order valence-corrected chi connectivity index (χ2v) is 6.98. The highest BCUT2D eigenvalue weighted by Crippen LogP contribution is 2.43. The molecule has 1 aromatic rings. The van der Waals surface area contributed by atoms with Gasteiger partial charge in [0.25, 0.3) is 0 Å². The normalized spacial score (nSPS) is 22.8. The number of hydrogen-bond donors (Lipinski definition) is 1. The van der Waals surface area contributed by atoms with Crippen LogP contribution in [0, 0.1) is 12.3 Å². The highest BCUT2D eigenvalue weighted by molar-refractivity contribution is 7.11. The fourth-order valence-electron chi connectivity index (χ4n) is 3.14. The SMILES string of the molecule is Cc1cnc(C(C)N2C(=O)NC(=O)C3(CCCC3)C2=O)s1. The van der Waals surface area contributed by atoms with Crippen LogP contribution in [-0.4, -0.2) is 27.7 Å². The van der Waals surface area contributed by atoms with Crippen molar-refractivity contribution < 1.29 is 14.4 Å². The molecule has 112 valence electrons. The summed E-state index contributed by atoms with van der Waals surface area (Å²) in [7, 11) is 0. The van der Waals surface area contributed by atoms with Gasteiger partial charge in [0, 0.05) is 11.1 Å². The molecule has 4 amide bonds. The fourth-order valence-corrected chi connectivity index (χ4v) is 3.96. The Bertz CT molecular complexity index is 619. The Hall–Kier alpha value is -1.76. The van der Waals surface area contributed by atoms with Gasteiger partial charge in [-0.15, -0.1) is 11.3 Å². The maximum atomic E-state index is 12.8. The number of hydrogen-bond acceptors (Lipinski definition) is 5. The molecular weight excluding hydrogens is 290 g/mol. The van der Waals surface area contributed by atoms with Crippen LogP contribution >= 0.6 is 11.3 Å². The van der Waals surface area contributed by atoms with Crippen LogP contribution < -0.4 is 5.32 Å². The number of carbonyl (C=O) groups excluding carboxylic acids is 3. The Morgan fingerprint density at radius 2 is 2.00 bits per heavy atom. The van der Waals surface area contributed by atoms with Crippen molar-refractivity contribution in [2.45, 2.75) is 45.6 Å². The monoisotopic (exact) mass is 307 g/mol. The van der Waals surface area contributed by atoms with Crippen LogP contribution in [0.3, 0.4) is 0 Å². The molecule has 0 radical (unpaired) electrons. The minimum atomic E-state index is -1.05. The summed E-state index contributed by atoms with van der Waals surface area (Å²) in [6.07, 6.45) is 4.44. The zero-order chi connectivity index (χ0) is 15.2. The van der Waals surface area contributed by atoms with Gasteiger partial charge < -0.3 is 0 Å². The number of barbiturate groups is 1. The van der Waals surface area contributed by atoms with Gasteiger partial charge in [0.15, 0.2) is 0 Å². The van der Waals surface area contributed by atoms with Gasteiger partial charge in [-0.05, 0) is 26.7 Å². The number of nitrogens with zero attached hydrogens (tertiary/aromatic N) is 2. The van der Waals surface area contributed by atoms with Gasteiger partial charge >= 0.3 is 6.03 Å². The number of rotatable bonds is 2. The smallest absolute Gasteiger partial charge is 0.277 e. The quantitative estimate of drug-likeness (QED) is 0.849. The zero-order valence-corrected chi connectivity index (χ0v) is 12.8. The molecule has 1 aromatic heterocycles. The van der Waals surface area contributed by atoms with Gasteiger partial charge in [-0.2, -0.15) is 0 Å². The fraction of sp³-hybridized carbons (Fsp3) is 0.571.